The fraction of sp³-hybridized carbons (Fsp3) is 0.136. The minimum Gasteiger partial charge on any atom is -0.486 e. The number of rotatable bonds is 7. The summed E-state index contributed by atoms with van der Waals surface area (Å²) in [7, 11) is 0. The van der Waals surface area contributed by atoms with Gasteiger partial charge in [0.25, 0.3) is 5.91 Å². The molecule has 0 bridgehead atoms. The molecule has 0 spiro atoms. The second-order valence-corrected chi connectivity index (χ2v) is 7.96. The molecule has 2 aromatic heterocycles. The number of hydrogen-bond donors (Lipinski definition) is 1. The lowest BCUT2D eigenvalue weighted by Gasteiger charge is -2.04. The molecular formula is C22H19IN4O3. The normalized spacial score (nSPS) is 10.7. The van der Waals surface area contributed by atoms with Crippen molar-refractivity contribution in [1.82, 2.24) is 14.8 Å². The quantitative estimate of drug-likeness (QED) is 0.363. The van der Waals surface area contributed by atoms with Crippen LogP contribution in [0.5, 0.6) is 5.75 Å². The monoisotopic (exact) mass is 514 g/mol. The zero-order valence-corrected chi connectivity index (χ0v) is 18.4. The summed E-state index contributed by atoms with van der Waals surface area (Å²) < 4.78 is 14.1. The highest BCUT2D eigenvalue weighted by molar-refractivity contribution is 14.1. The molecule has 0 unspecified atom stereocenters. The molecule has 7 nitrogen and oxygen atoms in total. The van der Waals surface area contributed by atoms with Gasteiger partial charge in [-0.15, -0.1) is 5.10 Å². The van der Waals surface area contributed by atoms with Gasteiger partial charge >= 0.3 is 0 Å². The predicted molar refractivity (Wildman–Crippen MR) is 120 cm³/mol. The number of halogens is 1. The second-order valence-electron chi connectivity index (χ2n) is 6.72. The number of hydrogen-bond acceptors (Lipinski definition) is 5. The van der Waals surface area contributed by atoms with E-state index < -0.39 is 5.91 Å². The maximum atomic E-state index is 12.4. The first-order chi connectivity index (χ1) is 14.5. The summed E-state index contributed by atoms with van der Waals surface area (Å²) in [5.74, 6) is 1.27. The highest BCUT2D eigenvalue weighted by atomic mass is 127. The van der Waals surface area contributed by atoms with Gasteiger partial charge in [0.2, 0.25) is 5.95 Å². The van der Waals surface area contributed by atoms with Gasteiger partial charge in [-0.3, -0.25) is 10.1 Å². The van der Waals surface area contributed by atoms with Crippen LogP contribution in [-0.4, -0.2) is 20.7 Å². The van der Waals surface area contributed by atoms with Gasteiger partial charge in [-0.25, -0.2) is 9.67 Å². The van der Waals surface area contributed by atoms with Crippen molar-refractivity contribution >= 4 is 34.4 Å². The number of ether oxygens (including phenoxy) is 1. The number of carbonyl (C=O) groups excluding carboxylic acids is 1. The van der Waals surface area contributed by atoms with Crippen molar-refractivity contribution in [2.24, 2.45) is 0 Å². The predicted octanol–water partition coefficient (Wildman–Crippen LogP) is 4.66. The Hall–Kier alpha value is -3.14. The van der Waals surface area contributed by atoms with Crippen molar-refractivity contribution in [2.45, 2.75) is 20.1 Å². The van der Waals surface area contributed by atoms with Gasteiger partial charge in [0.05, 0.1) is 6.54 Å². The third-order valence-electron chi connectivity index (χ3n) is 4.27. The first-order valence-electron chi connectivity index (χ1n) is 9.28. The summed E-state index contributed by atoms with van der Waals surface area (Å²) in [4.78, 5) is 16.6. The van der Waals surface area contributed by atoms with Crippen molar-refractivity contribution in [3.8, 4) is 5.75 Å². The third kappa shape index (κ3) is 5.26. The molecule has 2 aromatic carbocycles. The minimum absolute atomic E-state index is 0.172. The maximum absolute atomic E-state index is 12.4. The number of benzene rings is 2. The van der Waals surface area contributed by atoms with Crippen LogP contribution in [0.1, 0.15) is 27.4 Å². The van der Waals surface area contributed by atoms with Crippen molar-refractivity contribution in [3.63, 3.8) is 0 Å². The average molecular weight is 514 g/mol. The average Bonchev–Trinajstić information content (AvgIpc) is 3.37. The van der Waals surface area contributed by atoms with E-state index in [9.17, 15) is 4.79 Å². The van der Waals surface area contributed by atoms with Gasteiger partial charge in [0.1, 0.15) is 24.4 Å². The van der Waals surface area contributed by atoms with Crippen LogP contribution in [-0.2, 0) is 13.2 Å². The van der Waals surface area contributed by atoms with E-state index in [1.54, 1.807) is 23.1 Å². The Bertz CT molecular complexity index is 1150. The van der Waals surface area contributed by atoms with Crippen molar-refractivity contribution < 1.29 is 13.9 Å². The first kappa shape index (κ1) is 20.1. The molecule has 0 radical (unpaired) electrons. The van der Waals surface area contributed by atoms with Crippen LogP contribution in [0.3, 0.4) is 0 Å². The lowest BCUT2D eigenvalue weighted by atomic mass is 10.1. The van der Waals surface area contributed by atoms with Crippen LogP contribution in [0.25, 0.3) is 0 Å². The van der Waals surface area contributed by atoms with E-state index in [-0.39, 0.29) is 18.3 Å². The highest BCUT2D eigenvalue weighted by Crippen LogP contribution is 2.17. The number of aromatic nitrogens is 3. The Balaban J connectivity index is 1.33. The summed E-state index contributed by atoms with van der Waals surface area (Å²) in [5, 5.41) is 6.95. The Morgan fingerprint density at radius 1 is 1.17 bits per heavy atom. The highest BCUT2D eigenvalue weighted by Gasteiger charge is 2.14. The molecule has 1 amide bonds. The van der Waals surface area contributed by atoms with E-state index in [1.165, 1.54) is 5.56 Å². The van der Waals surface area contributed by atoms with Gasteiger partial charge in [0.15, 0.2) is 5.76 Å². The number of amides is 1. The molecule has 4 rings (SSSR count). The van der Waals surface area contributed by atoms with Crippen molar-refractivity contribution in [3.05, 3.63) is 93.2 Å². The summed E-state index contributed by atoms with van der Waals surface area (Å²) in [6, 6.07) is 19.2. The first-order valence-corrected chi connectivity index (χ1v) is 10.4. The zero-order valence-electron chi connectivity index (χ0n) is 16.2. The lowest BCUT2D eigenvalue weighted by Crippen LogP contribution is -2.12. The number of furan rings is 1. The number of carbonyl (C=O) groups is 1. The van der Waals surface area contributed by atoms with Gasteiger partial charge in [-0.1, -0.05) is 29.8 Å². The van der Waals surface area contributed by atoms with E-state index in [0.29, 0.717) is 12.3 Å². The fourth-order valence-corrected chi connectivity index (χ4v) is 3.21. The zero-order chi connectivity index (χ0) is 20.9. The smallest absolute Gasteiger partial charge is 0.293 e. The van der Waals surface area contributed by atoms with E-state index in [1.807, 2.05) is 49.4 Å². The molecule has 0 saturated carbocycles. The number of anilines is 1. The van der Waals surface area contributed by atoms with E-state index in [4.69, 9.17) is 9.15 Å². The largest absolute Gasteiger partial charge is 0.486 e. The molecule has 0 aliphatic heterocycles. The SMILES string of the molecule is Cc1cccc(Cn2cnc(NC(=O)c3ccc(COc4ccc(I)cc4)o3)n2)c1. The molecule has 2 heterocycles. The maximum Gasteiger partial charge on any atom is 0.293 e. The second kappa shape index (κ2) is 9.12. The summed E-state index contributed by atoms with van der Waals surface area (Å²) >= 11 is 2.23. The Morgan fingerprint density at radius 2 is 2.00 bits per heavy atom. The van der Waals surface area contributed by atoms with Crippen LogP contribution < -0.4 is 10.1 Å². The third-order valence-corrected chi connectivity index (χ3v) is 4.99. The van der Waals surface area contributed by atoms with Gasteiger partial charge < -0.3 is 9.15 Å². The lowest BCUT2D eigenvalue weighted by molar-refractivity contribution is 0.0991. The van der Waals surface area contributed by atoms with Crippen LogP contribution in [0.4, 0.5) is 5.95 Å². The molecule has 0 aliphatic rings. The van der Waals surface area contributed by atoms with E-state index in [2.05, 4.69) is 44.1 Å². The Morgan fingerprint density at radius 3 is 2.80 bits per heavy atom. The molecule has 30 heavy (non-hydrogen) atoms. The molecule has 0 atom stereocenters. The van der Waals surface area contributed by atoms with E-state index >= 15 is 0 Å². The van der Waals surface area contributed by atoms with E-state index in [0.717, 1.165) is 14.9 Å². The molecule has 0 saturated heterocycles. The Labute approximate surface area is 187 Å². The van der Waals surface area contributed by atoms with Gasteiger partial charge in [0, 0.05) is 3.57 Å². The molecule has 0 fully saturated rings. The van der Waals surface area contributed by atoms with Gasteiger partial charge in [-0.2, -0.15) is 0 Å². The van der Waals surface area contributed by atoms with Crippen LogP contribution in [0, 0.1) is 10.5 Å². The molecular weight excluding hydrogens is 495 g/mol. The number of nitrogens with one attached hydrogen (secondary N) is 1. The molecule has 1 N–H and O–H groups in total. The summed E-state index contributed by atoms with van der Waals surface area (Å²) in [6.07, 6.45) is 1.58. The van der Waals surface area contributed by atoms with Crippen molar-refractivity contribution in [2.75, 3.05) is 5.32 Å². The molecule has 152 valence electrons. The van der Waals surface area contributed by atoms with Crippen LogP contribution >= 0.6 is 22.6 Å². The van der Waals surface area contributed by atoms with Crippen LogP contribution in [0.15, 0.2) is 71.4 Å². The topological polar surface area (TPSA) is 82.2 Å². The van der Waals surface area contributed by atoms with Crippen LogP contribution in [0.2, 0.25) is 0 Å². The Kier molecular flexibility index (Phi) is 6.12. The summed E-state index contributed by atoms with van der Waals surface area (Å²) in [5.41, 5.74) is 2.29. The van der Waals surface area contributed by atoms with Crippen molar-refractivity contribution in [1.29, 1.82) is 0 Å². The van der Waals surface area contributed by atoms with Gasteiger partial charge in [-0.05, 0) is 71.5 Å². The number of aryl methyl sites for hydroxylation is 1. The molecule has 4 aromatic rings. The standard InChI is InChI=1S/C22H19IN4O3/c1-15-3-2-4-16(11-15)12-27-14-24-22(26-27)25-21(28)20-10-9-19(30-20)13-29-18-7-5-17(23)6-8-18/h2-11,14H,12-13H2,1H3,(H,25,26,28). The fourth-order valence-electron chi connectivity index (χ4n) is 2.85. The minimum atomic E-state index is -0.413. The number of nitrogens with zero attached hydrogens (tertiary/aromatic N) is 3. The molecule has 8 heteroatoms. The molecule has 0 aliphatic carbocycles. The summed E-state index contributed by atoms with van der Waals surface area (Å²) in [6.45, 7) is 2.85.